The number of hydrogen-bond donors (Lipinski definition) is 1. The lowest BCUT2D eigenvalue weighted by Crippen LogP contribution is -2.15. The molecule has 0 radical (unpaired) electrons. The second kappa shape index (κ2) is 6.19. The Labute approximate surface area is 158 Å². The molecule has 27 heavy (non-hydrogen) atoms. The van der Waals surface area contributed by atoms with Gasteiger partial charge in [0.2, 0.25) is 0 Å². The van der Waals surface area contributed by atoms with Gasteiger partial charge in [0.1, 0.15) is 0 Å². The Bertz CT molecular complexity index is 1030. The molecular formula is C22H23N3O2. The number of carbonyl (C=O) groups excluding carboxylic acids is 1. The van der Waals surface area contributed by atoms with Gasteiger partial charge in [-0.15, -0.1) is 0 Å². The number of hydrogen-bond acceptors (Lipinski definition) is 4. The lowest BCUT2D eigenvalue weighted by atomic mass is 10.0. The van der Waals surface area contributed by atoms with Crippen molar-refractivity contribution < 1.29 is 9.32 Å². The third-order valence-electron chi connectivity index (χ3n) is 5.53. The normalized spacial score (nSPS) is 16.9. The number of fused-ring (bicyclic) bond motifs is 1. The molecule has 5 rings (SSSR count). The highest BCUT2D eigenvalue weighted by Gasteiger charge is 2.34. The van der Waals surface area contributed by atoms with Crippen LogP contribution >= 0.6 is 0 Å². The highest BCUT2D eigenvalue weighted by Crippen LogP contribution is 2.45. The molecule has 2 aliphatic rings. The SMILES string of the molecule is CC(C)c1ccccc1NC(=O)c1cc(C2CC2)nc2onc(C3CC3)c12. The molecule has 0 spiro atoms. The molecule has 0 aliphatic heterocycles. The van der Waals surface area contributed by atoms with E-state index in [9.17, 15) is 4.79 Å². The topological polar surface area (TPSA) is 68.0 Å². The van der Waals surface area contributed by atoms with Gasteiger partial charge >= 0.3 is 0 Å². The smallest absolute Gasteiger partial charge is 0.259 e. The number of nitrogens with zero attached hydrogens (tertiary/aromatic N) is 2. The van der Waals surface area contributed by atoms with E-state index in [1.54, 1.807) is 0 Å². The van der Waals surface area contributed by atoms with Crippen LogP contribution in [0, 0.1) is 0 Å². The maximum Gasteiger partial charge on any atom is 0.259 e. The van der Waals surface area contributed by atoms with Crippen LogP contribution in [0.5, 0.6) is 0 Å². The second-order valence-electron chi connectivity index (χ2n) is 8.09. The summed E-state index contributed by atoms with van der Waals surface area (Å²) >= 11 is 0. The maximum absolute atomic E-state index is 13.3. The average molecular weight is 361 g/mol. The van der Waals surface area contributed by atoms with E-state index in [2.05, 4.69) is 35.4 Å². The zero-order valence-electron chi connectivity index (χ0n) is 15.7. The number of amides is 1. The van der Waals surface area contributed by atoms with E-state index in [4.69, 9.17) is 4.52 Å². The van der Waals surface area contributed by atoms with Crippen LogP contribution in [0.2, 0.25) is 0 Å². The first-order valence-electron chi connectivity index (χ1n) is 9.82. The minimum Gasteiger partial charge on any atom is -0.335 e. The molecule has 5 heteroatoms. The summed E-state index contributed by atoms with van der Waals surface area (Å²) in [6.07, 6.45) is 4.45. The number of nitrogens with one attached hydrogen (secondary N) is 1. The molecule has 0 bridgehead atoms. The molecule has 1 amide bonds. The summed E-state index contributed by atoms with van der Waals surface area (Å²) in [6, 6.07) is 9.94. The molecular weight excluding hydrogens is 338 g/mol. The molecule has 1 N–H and O–H groups in total. The Hall–Kier alpha value is -2.69. The number of aromatic nitrogens is 2. The molecule has 0 unspecified atom stereocenters. The molecule has 2 saturated carbocycles. The molecule has 0 saturated heterocycles. The maximum atomic E-state index is 13.3. The number of benzene rings is 1. The van der Waals surface area contributed by atoms with Crippen LogP contribution in [0.15, 0.2) is 34.9 Å². The second-order valence-corrected chi connectivity index (χ2v) is 8.09. The van der Waals surface area contributed by atoms with Gasteiger partial charge < -0.3 is 9.84 Å². The van der Waals surface area contributed by atoms with Gasteiger partial charge in [-0.25, -0.2) is 4.98 Å². The van der Waals surface area contributed by atoms with E-state index in [0.29, 0.717) is 29.0 Å². The highest BCUT2D eigenvalue weighted by molar-refractivity contribution is 6.12. The third-order valence-corrected chi connectivity index (χ3v) is 5.53. The van der Waals surface area contributed by atoms with Crippen molar-refractivity contribution in [2.45, 2.75) is 57.3 Å². The lowest BCUT2D eigenvalue weighted by molar-refractivity contribution is 0.102. The van der Waals surface area contributed by atoms with Gasteiger partial charge in [-0.2, -0.15) is 0 Å². The predicted molar refractivity (Wildman–Crippen MR) is 104 cm³/mol. The van der Waals surface area contributed by atoms with Crippen LogP contribution in [0.4, 0.5) is 5.69 Å². The van der Waals surface area contributed by atoms with Gasteiger partial charge in [0.25, 0.3) is 11.6 Å². The molecule has 2 aliphatic carbocycles. The molecule has 2 heterocycles. The Kier molecular flexibility index (Phi) is 3.78. The number of pyridine rings is 1. The molecule has 3 aromatic rings. The van der Waals surface area contributed by atoms with Crippen molar-refractivity contribution in [2.24, 2.45) is 0 Å². The quantitative estimate of drug-likeness (QED) is 0.665. The fourth-order valence-corrected chi connectivity index (χ4v) is 3.70. The predicted octanol–water partition coefficient (Wildman–Crippen LogP) is 5.35. The van der Waals surface area contributed by atoms with Crippen molar-refractivity contribution in [3.63, 3.8) is 0 Å². The van der Waals surface area contributed by atoms with E-state index in [0.717, 1.165) is 53.7 Å². The van der Waals surface area contributed by atoms with Crippen LogP contribution < -0.4 is 5.32 Å². The monoisotopic (exact) mass is 361 g/mol. The molecule has 2 fully saturated rings. The van der Waals surface area contributed by atoms with Crippen molar-refractivity contribution in [3.05, 3.63) is 52.8 Å². The fraction of sp³-hybridized carbons (Fsp3) is 0.409. The van der Waals surface area contributed by atoms with E-state index in [1.807, 2.05) is 24.3 Å². The van der Waals surface area contributed by atoms with Gasteiger partial charge in [-0.1, -0.05) is 37.2 Å². The van der Waals surface area contributed by atoms with E-state index in [-0.39, 0.29) is 5.91 Å². The number of rotatable bonds is 5. The van der Waals surface area contributed by atoms with E-state index < -0.39 is 0 Å². The van der Waals surface area contributed by atoms with Gasteiger partial charge in [0.05, 0.1) is 16.6 Å². The van der Waals surface area contributed by atoms with Crippen molar-refractivity contribution in [1.82, 2.24) is 10.1 Å². The largest absolute Gasteiger partial charge is 0.335 e. The third kappa shape index (κ3) is 3.01. The van der Waals surface area contributed by atoms with Gasteiger partial charge in [-0.05, 0) is 49.3 Å². The summed E-state index contributed by atoms with van der Waals surface area (Å²) in [7, 11) is 0. The van der Waals surface area contributed by atoms with Crippen LogP contribution in [-0.2, 0) is 0 Å². The summed E-state index contributed by atoms with van der Waals surface area (Å²) in [5.41, 5.74) is 4.98. The van der Waals surface area contributed by atoms with E-state index >= 15 is 0 Å². The summed E-state index contributed by atoms with van der Waals surface area (Å²) in [4.78, 5) is 17.9. The molecule has 0 atom stereocenters. The Balaban J connectivity index is 1.59. The summed E-state index contributed by atoms with van der Waals surface area (Å²) < 4.78 is 5.53. The van der Waals surface area contributed by atoms with Crippen molar-refractivity contribution in [2.75, 3.05) is 5.32 Å². The fourth-order valence-electron chi connectivity index (χ4n) is 3.70. The molecule has 1 aromatic carbocycles. The Morgan fingerprint density at radius 1 is 1.15 bits per heavy atom. The number of anilines is 1. The van der Waals surface area contributed by atoms with E-state index in [1.165, 1.54) is 0 Å². The van der Waals surface area contributed by atoms with Crippen LogP contribution in [0.3, 0.4) is 0 Å². The summed E-state index contributed by atoms with van der Waals surface area (Å²) in [5.74, 6) is 1.06. The number of para-hydroxylation sites is 1. The Morgan fingerprint density at radius 2 is 1.89 bits per heavy atom. The Morgan fingerprint density at radius 3 is 2.59 bits per heavy atom. The van der Waals surface area contributed by atoms with Crippen LogP contribution in [0.1, 0.15) is 84.6 Å². The van der Waals surface area contributed by atoms with Crippen molar-refractivity contribution in [3.8, 4) is 0 Å². The zero-order valence-corrected chi connectivity index (χ0v) is 15.7. The van der Waals surface area contributed by atoms with Crippen LogP contribution in [-0.4, -0.2) is 16.0 Å². The molecule has 5 nitrogen and oxygen atoms in total. The van der Waals surface area contributed by atoms with Gasteiger partial charge in [0.15, 0.2) is 0 Å². The number of carbonyl (C=O) groups is 1. The molecule has 138 valence electrons. The standard InChI is InChI=1S/C22H23N3O2/c1-12(2)15-5-3-4-6-17(15)23-21(26)16-11-18(13-7-8-13)24-22-19(16)20(25-27-22)14-9-10-14/h3-6,11-14H,7-10H2,1-2H3,(H,23,26). The van der Waals surface area contributed by atoms with Crippen LogP contribution in [0.25, 0.3) is 11.1 Å². The summed E-state index contributed by atoms with van der Waals surface area (Å²) in [6.45, 7) is 4.26. The minimum atomic E-state index is -0.109. The molecule has 2 aromatic heterocycles. The zero-order chi connectivity index (χ0) is 18.5. The van der Waals surface area contributed by atoms with Crippen molar-refractivity contribution >= 4 is 22.7 Å². The summed E-state index contributed by atoms with van der Waals surface area (Å²) in [5, 5.41) is 8.18. The minimum absolute atomic E-state index is 0.109. The van der Waals surface area contributed by atoms with Gasteiger partial charge in [0, 0.05) is 23.2 Å². The first kappa shape index (κ1) is 16.5. The average Bonchev–Trinajstić information content (AvgIpc) is 3.58. The highest BCUT2D eigenvalue weighted by atomic mass is 16.5. The van der Waals surface area contributed by atoms with Crippen molar-refractivity contribution in [1.29, 1.82) is 0 Å². The first-order valence-corrected chi connectivity index (χ1v) is 9.82. The van der Waals surface area contributed by atoms with Gasteiger partial charge in [-0.3, -0.25) is 4.79 Å². The first-order chi connectivity index (χ1) is 13.1. The lowest BCUT2D eigenvalue weighted by Gasteiger charge is -2.14.